The molecule has 166 valence electrons. The Labute approximate surface area is 187 Å². The summed E-state index contributed by atoms with van der Waals surface area (Å²) in [5.74, 6) is -1.28. The van der Waals surface area contributed by atoms with Gasteiger partial charge in [0.1, 0.15) is 0 Å². The van der Waals surface area contributed by atoms with Crippen LogP contribution in [0.15, 0.2) is 47.4 Å². The Hall–Kier alpha value is -2.80. The summed E-state index contributed by atoms with van der Waals surface area (Å²) >= 11 is 1.41. The average molecular weight is 443 g/mol. The minimum absolute atomic E-state index is 0.0479. The molecule has 2 rings (SSSR count). The van der Waals surface area contributed by atoms with Crippen LogP contribution in [0, 0.1) is 12.3 Å². The maximum Gasteiger partial charge on any atom is 0.335 e. The summed E-state index contributed by atoms with van der Waals surface area (Å²) in [6.45, 7) is 9.78. The molecule has 0 spiro atoms. The first-order chi connectivity index (χ1) is 14.5. The number of aryl methyl sites for hydroxylation is 1. The van der Waals surface area contributed by atoms with E-state index < -0.39 is 5.97 Å². The lowest BCUT2D eigenvalue weighted by molar-refractivity contribution is -0.118. The molecule has 7 heteroatoms. The van der Waals surface area contributed by atoms with Crippen LogP contribution in [0.2, 0.25) is 0 Å². The summed E-state index contributed by atoms with van der Waals surface area (Å²) in [4.78, 5) is 37.2. The molecule has 0 bridgehead atoms. The molecule has 31 heavy (non-hydrogen) atoms. The molecule has 6 nitrogen and oxygen atoms in total. The van der Waals surface area contributed by atoms with Crippen molar-refractivity contribution in [2.24, 2.45) is 5.41 Å². The number of benzene rings is 2. The van der Waals surface area contributed by atoms with Crippen molar-refractivity contribution < 1.29 is 19.5 Å². The predicted octanol–water partition coefficient (Wildman–Crippen LogP) is 5.58. The van der Waals surface area contributed by atoms with E-state index in [2.05, 4.69) is 10.6 Å². The fourth-order valence-electron chi connectivity index (χ4n) is 2.92. The Morgan fingerprint density at radius 1 is 1.06 bits per heavy atom. The summed E-state index contributed by atoms with van der Waals surface area (Å²) in [5, 5.41) is 14.6. The third-order valence-electron chi connectivity index (χ3n) is 4.49. The van der Waals surface area contributed by atoms with Gasteiger partial charge < -0.3 is 15.7 Å². The van der Waals surface area contributed by atoms with Crippen molar-refractivity contribution in [2.75, 3.05) is 10.6 Å². The van der Waals surface area contributed by atoms with Crippen LogP contribution in [-0.2, 0) is 9.59 Å². The molecule has 0 heterocycles. The molecular formula is C24H30N2O4S. The van der Waals surface area contributed by atoms with E-state index in [1.54, 1.807) is 6.07 Å². The van der Waals surface area contributed by atoms with Crippen molar-refractivity contribution in [1.82, 2.24) is 0 Å². The molecule has 0 aliphatic heterocycles. The second kappa shape index (κ2) is 10.5. The predicted molar refractivity (Wildman–Crippen MR) is 126 cm³/mol. The van der Waals surface area contributed by atoms with E-state index in [1.807, 2.05) is 58.9 Å². The second-order valence-electron chi connectivity index (χ2n) is 8.65. The van der Waals surface area contributed by atoms with E-state index in [4.69, 9.17) is 0 Å². The SMILES string of the molecule is CCC(Sc1cccc(NC(=O)CC(C)(C)C)c1)C(=O)Nc1cc(C(=O)O)ccc1C. The van der Waals surface area contributed by atoms with E-state index in [0.29, 0.717) is 24.2 Å². The maximum atomic E-state index is 12.9. The third kappa shape index (κ3) is 7.75. The molecule has 2 amide bonds. The molecule has 1 atom stereocenters. The van der Waals surface area contributed by atoms with E-state index in [9.17, 15) is 19.5 Å². The van der Waals surface area contributed by atoms with Gasteiger partial charge in [0.2, 0.25) is 11.8 Å². The summed E-state index contributed by atoms with van der Waals surface area (Å²) in [7, 11) is 0. The molecule has 2 aromatic carbocycles. The van der Waals surface area contributed by atoms with E-state index >= 15 is 0 Å². The van der Waals surface area contributed by atoms with Crippen molar-refractivity contribution in [3.8, 4) is 0 Å². The first kappa shape index (κ1) is 24.5. The molecule has 1 unspecified atom stereocenters. The van der Waals surface area contributed by atoms with Crippen LogP contribution < -0.4 is 10.6 Å². The number of hydrogen-bond acceptors (Lipinski definition) is 4. The van der Waals surface area contributed by atoms with Crippen LogP contribution in [-0.4, -0.2) is 28.1 Å². The minimum Gasteiger partial charge on any atom is -0.478 e. The van der Waals surface area contributed by atoms with Crippen molar-refractivity contribution in [3.05, 3.63) is 53.6 Å². The van der Waals surface area contributed by atoms with Gasteiger partial charge in [0.05, 0.1) is 10.8 Å². The van der Waals surface area contributed by atoms with Gasteiger partial charge >= 0.3 is 5.97 Å². The zero-order chi connectivity index (χ0) is 23.2. The van der Waals surface area contributed by atoms with Gasteiger partial charge in [0.25, 0.3) is 0 Å². The van der Waals surface area contributed by atoms with Crippen molar-refractivity contribution in [1.29, 1.82) is 0 Å². The molecule has 0 aliphatic carbocycles. The Morgan fingerprint density at radius 3 is 2.39 bits per heavy atom. The van der Waals surface area contributed by atoms with E-state index in [1.165, 1.54) is 23.9 Å². The number of amides is 2. The number of nitrogens with one attached hydrogen (secondary N) is 2. The summed E-state index contributed by atoms with van der Waals surface area (Å²) in [6, 6.07) is 12.1. The number of hydrogen-bond donors (Lipinski definition) is 3. The monoisotopic (exact) mass is 442 g/mol. The van der Waals surface area contributed by atoms with Crippen LogP contribution in [0.1, 0.15) is 56.5 Å². The smallest absolute Gasteiger partial charge is 0.335 e. The first-order valence-electron chi connectivity index (χ1n) is 10.2. The molecule has 0 saturated heterocycles. The number of carbonyl (C=O) groups is 3. The Morgan fingerprint density at radius 2 is 1.77 bits per heavy atom. The topological polar surface area (TPSA) is 95.5 Å². The number of rotatable bonds is 8. The summed E-state index contributed by atoms with van der Waals surface area (Å²) < 4.78 is 0. The van der Waals surface area contributed by atoms with Gasteiger partial charge in [-0.25, -0.2) is 4.79 Å². The number of carbonyl (C=O) groups excluding carboxylic acids is 2. The van der Waals surface area contributed by atoms with Crippen LogP contribution in [0.4, 0.5) is 11.4 Å². The van der Waals surface area contributed by atoms with Gasteiger partial charge in [-0.2, -0.15) is 0 Å². The highest BCUT2D eigenvalue weighted by molar-refractivity contribution is 8.00. The highest BCUT2D eigenvalue weighted by Crippen LogP contribution is 2.29. The van der Waals surface area contributed by atoms with Crippen molar-refractivity contribution in [3.63, 3.8) is 0 Å². The number of carboxylic acids is 1. The van der Waals surface area contributed by atoms with Crippen LogP contribution in [0.5, 0.6) is 0 Å². The molecule has 0 saturated carbocycles. The normalized spacial score (nSPS) is 12.2. The Balaban J connectivity index is 2.09. The number of thioether (sulfide) groups is 1. The lowest BCUT2D eigenvalue weighted by atomic mass is 9.92. The average Bonchev–Trinajstić information content (AvgIpc) is 2.66. The number of anilines is 2. The third-order valence-corrected chi connectivity index (χ3v) is 5.85. The maximum absolute atomic E-state index is 12.9. The molecule has 0 fully saturated rings. The number of aromatic carboxylic acids is 1. The van der Waals surface area contributed by atoms with E-state index in [-0.39, 0.29) is 28.0 Å². The molecule has 2 aromatic rings. The fourth-order valence-corrected chi connectivity index (χ4v) is 3.94. The van der Waals surface area contributed by atoms with Crippen LogP contribution >= 0.6 is 11.8 Å². The lowest BCUT2D eigenvalue weighted by Gasteiger charge is -2.18. The van der Waals surface area contributed by atoms with Gasteiger partial charge in [-0.15, -0.1) is 11.8 Å². The molecule has 0 aromatic heterocycles. The summed E-state index contributed by atoms with van der Waals surface area (Å²) in [5.41, 5.74) is 2.01. The van der Waals surface area contributed by atoms with Crippen molar-refractivity contribution in [2.45, 2.75) is 57.6 Å². The zero-order valence-electron chi connectivity index (χ0n) is 18.6. The lowest BCUT2D eigenvalue weighted by Crippen LogP contribution is -2.25. The van der Waals surface area contributed by atoms with Gasteiger partial charge in [-0.3, -0.25) is 9.59 Å². The highest BCUT2D eigenvalue weighted by atomic mass is 32.2. The first-order valence-corrected chi connectivity index (χ1v) is 11.1. The number of carboxylic acid groups (broad SMARTS) is 1. The molecule has 0 aliphatic rings. The highest BCUT2D eigenvalue weighted by Gasteiger charge is 2.20. The zero-order valence-corrected chi connectivity index (χ0v) is 19.4. The molecular weight excluding hydrogens is 412 g/mol. The van der Waals surface area contributed by atoms with E-state index in [0.717, 1.165) is 10.5 Å². The Bertz CT molecular complexity index is 966. The Kier molecular flexibility index (Phi) is 8.28. The van der Waals surface area contributed by atoms with Crippen LogP contribution in [0.25, 0.3) is 0 Å². The van der Waals surface area contributed by atoms with Crippen LogP contribution in [0.3, 0.4) is 0 Å². The standard InChI is InChI=1S/C24H30N2O4S/c1-6-20(22(28)26-19-12-16(23(29)30)11-10-15(19)2)31-18-9-7-8-17(13-18)25-21(27)14-24(3,4)5/h7-13,20H,6,14H2,1-5H3,(H,25,27)(H,26,28)(H,29,30). The minimum atomic E-state index is -1.04. The summed E-state index contributed by atoms with van der Waals surface area (Å²) in [6.07, 6.45) is 1.01. The second-order valence-corrected chi connectivity index (χ2v) is 9.93. The van der Waals surface area contributed by atoms with Gasteiger partial charge in [-0.1, -0.05) is 39.8 Å². The van der Waals surface area contributed by atoms with Gasteiger partial charge in [0, 0.05) is 22.7 Å². The fraction of sp³-hybridized carbons (Fsp3) is 0.375. The largest absolute Gasteiger partial charge is 0.478 e. The van der Waals surface area contributed by atoms with Gasteiger partial charge in [-0.05, 0) is 54.7 Å². The molecule has 3 N–H and O–H groups in total. The van der Waals surface area contributed by atoms with Gasteiger partial charge in [0.15, 0.2) is 0 Å². The molecule has 0 radical (unpaired) electrons. The van der Waals surface area contributed by atoms with Crippen molar-refractivity contribution >= 4 is 40.9 Å². The quantitative estimate of drug-likeness (QED) is 0.464.